The molecule has 0 aliphatic carbocycles. The van der Waals surface area contributed by atoms with Gasteiger partial charge in [-0.2, -0.15) is 18.4 Å². The molecule has 35 heavy (non-hydrogen) atoms. The number of alkyl halides is 3. The van der Waals surface area contributed by atoms with Crippen LogP contribution in [0.15, 0.2) is 42.5 Å². The molecule has 2 aliphatic heterocycles. The summed E-state index contributed by atoms with van der Waals surface area (Å²) in [5.74, 6) is -1.81. The number of amides is 2. The van der Waals surface area contributed by atoms with Crippen LogP contribution >= 0.6 is 0 Å². The molecular weight excluding hydrogens is 464 g/mol. The Hall–Kier alpha value is -3.61. The van der Waals surface area contributed by atoms with Crippen LogP contribution in [-0.2, 0) is 22.2 Å². The highest BCUT2D eigenvalue weighted by Crippen LogP contribution is 2.46. The maximum atomic E-state index is 13.9. The number of likely N-dealkylation sites (tertiary alicyclic amines) is 1. The average Bonchev–Trinajstić information content (AvgIpc) is 3.19. The molecule has 0 aromatic heterocycles. The van der Waals surface area contributed by atoms with Crippen molar-refractivity contribution in [3.8, 4) is 6.07 Å². The second kappa shape index (κ2) is 9.21. The second-order valence-corrected chi connectivity index (χ2v) is 9.19. The number of primary amides is 1. The Kier molecular flexibility index (Phi) is 6.45. The minimum atomic E-state index is -4.69. The van der Waals surface area contributed by atoms with E-state index in [1.54, 1.807) is 34.1 Å². The number of anilines is 1. The van der Waals surface area contributed by atoms with Crippen molar-refractivity contribution >= 4 is 17.5 Å². The molecule has 1 unspecified atom stereocenters. The summed E-state index contributed by atoms with van der Waals surface area (Å²) < 4.78 is 54.3. The lowest BCUT2D eigenvalue weighted by Gasteiger charge is -2.41. The van der Waals surface area contributed by atoms with Crippen LogP contribution in [0, 0.1) is 28.5 Å². The van der Waals surface area contributed by atoms with Crippen LogP contribution in [0.2, 0.25) is 0 Å². The molecule has 10 heteroatoms. The van der Waals surface area contributed by atoms with Crippen LogP contribution in [0.4, 0.5) is 23.2 Å². The number of nitrogens with two attached hydrogens (primary N) is 1. The van der Waals surface area contributed by atoms with Gasteiger partial charge >= 0.3 is 6.18 Å². The molecule has 2 aromatic rings. The van der Waals surface area contributed by atoms with Crippen LogP contribution in [-0.4, -0.2) is 42.9 Å². The molecule has 2 amide bonds. The third-order valence-electron chi connectivity index (χ3n) is 7.20. The zero-order valence-corrected chi connectivity index (χ0v) is 18.8. The summed E-state index contributed by atoms with van der Waals surface area (Å²) in [5, 5.41) is 9.05. The van der Waals surface area contributed by atoms with Crippen molar-refractivity contribution in [2.75, 3.05) is 31.1 Å². The predicted octanol–water partition coefficient (Wildman–Crippen LogP) is 3.49. The molecule has 1 spiro atoms. The molecule has 184 valence electrons. The minimum absolute atomic E-state index is 0.0729. The van der Waals surface area contributed by atoms with Gasteiger partial charge in [0, 0.05) is 37.3 Å². The molecule has 2 saturated heterocycles. The first-order valence-corrected chi connectivity index (χ1v) is 11.2. The first-order valence-electron chi connectivity index (χ1n) is 11.2. The molecule has 2 aliphatic rings. The molecule has 2 aromatic carbocycles. The normalized spacial score (nSPS) is 19.6. The van der Waals surface area contributed by atoms with Crippen molar-refractivity contribution in [1.82, 2.24) is 4.90 Å². The highest BCUT2D eigenvalue weighted by molar-refractivity contribution is 5.81. The number of hydrogen-bond acceptors (Lipinski definition) is 4. The van der Waals surface area contributed by atoms with E-state index in [1.165, 1.54) is 12.1 Å². The summed E-state index contributed by atoms with van der Waals surface area (Å²) >= 11 is 0. The molecule has 6 nitrogen and oxygen atoms in total. The Morgan fingerprint density at radius 3 is 2.43 bits per heavy atom. The monoisotopic (exact) mass is 488 g/mol. The SMILES string of the molecule is N#Cc1ccc(N2CC(C(N)=O)C3(CCN(C(=O)Cc4ccccc4F)CC3)C2)cc1C(F)(F)F. The highest BCUT2D eigenvalue weighted by Gasteiger charge is 2.51. The molecule has 2 N–H and O–H groups in total. The number of hydrogen-bond donors (Lipinski definition) is 1. The summed E-state index contributed by atoms with van der Waals surface area (Å²) in [6, 6.07) is 11.1. The quantitative estimate of drug-likeness (QED) is 0.668. The third kappa shape index (κ3) is 4.81. The maximum Gasteiger partial charge on any atom is 0.417 e. The fourth-order valence-electron chi connectivity index (χ4n) is 5.24. The zero-order valence-electron chi connectivity index (χ0n) is 18.8. The third-order valence-corrected chi connectivity index (χ3v) is 7.20. The first-order chi connectivity index (χ1) is 16.5. The van der Waals surface area contributed by atoms with Crippen molar-refractivity contribution in [3.05, 3.63) is 65.0 Å². The lowest BCUT2D eigenvalue weighted by atomic mass is 9.70. The van der Waals surface area contributed by atoms with Gasteiger partial charge in [0.25, 0.3) is 0 Å². The molecule has 0 radical (unpaired) electrons. The van der Waals surface area contributed by atoms with E-state index in [-0.39, 0.29) is 24.6 Å². The van der Waals surface area contributed by atoms with E-state index in [2.05, 4.69) is 0 Å². The number of halogens is 4. The van der Waals surface area contributed by atoms with Gasteiger partial charge in [-0.1, -0.05) is 18.2 Å². The van der Waals surface area contributed by atoms with Crippen LogP contribution in [0.5, 0.6) is 0 Å². The van der Waals surface area contributed by atoms with Crippen molar-refractivity contribution < 1.29 is 27.2 Å². The molecule has 2 fully saturated rings. The standard InChI is InChI=1S/C25H24F4N4O2/c26-21-4-2-1-3-16(21)11-22(34)32-9-7-24(8-10-32)15-33(14-20(24)23(31)35)18-6-5-17(13-30)19(12-18)25(27,28)29/h1-6,12,20H,7-11,14-15H2,(H2,31,35). The fourth-order valence-corrected chi connectivity index (χ4v) is 5.24. The van der Waals surface area contributed by atoms with Gasteiger partial charge in [0.15, 0.2) is 0 Å². The van der Waals surface area contributed by atoms with Crippen LogP contribution in [0.25, 0.3) is 0 Å². The van der Waals surface area contributed by atoms with E-state index in [1.807, 2.05) is 0 Å². The highest BCUT2D eigenvalue weighted by atomic mass is 19.4. The lowest BCUT2D eigenvalue weighted by molar-refractivity contribution is -0.138. The van der Waals surface area contributed by atoms with Gasteiger partial charge in [0.05, 0.1) is 29.5 Å². The van der Waals surface area contributed by atoms with Crippen molar-refractivity contribution in [2.45, 2.75) is 25.4 Å². The lowest BCUT2D eigenvalue weighted by Crippen LogP contribution is -2.49. The predicted molar refractivity (Wildman–Crippen MR) is 119 cm³/mol. The number of carbonyl (C=O) groups is 2. The molecular formula is C25H24F4N4O2. The number of nitriles is 1. The van der Waals surface area contributed by atoms with E-state index < -0.39 is 40.4 Å². The van der Waals surface area contributed by atoms with E-state index in [0.717, 1.165) is 12.1 Å². The van der Waals surface area contributed by atoms with Gasteiger partial charge in [0.2, 0.25) is 11.8 Å². The van der Waals surface area contributed by atoms with Gasteiger partial charge < -0.3 is 15.5 Å². The van der Waals surface area contributed by atoms with Crippen molar-refractivity contribution in [1.29, 1.82) is 5.26 Å². The summed E-state index contributed by atoms with van der Waals surface area (Å²) in [5.41, 5.74) is 4.17. The number of benzene rings is 2. The number of nitrogens with zero attached hydrogens (tertiary/aromatic N) is 3. The molecule has 1 atom stereocenters. The Labute approximate surface area is 199 Å². The van der Waals surface area contributed by atoms with Gasteiger partial charge in [-0.25, -0.2) is 4.39 Å². The average molecular weight is 488 g/mol. The van der Waals surface area contributed by atoms with Crippen LogP contribution in [0.1, 0.15) is 29.5 Å². The van der Waals surface area contributed by atoms with Gasteiger partial charge in [-0.3, -0.25) is 9.59 Å². The topological polar surface area (TPSA) is 90.4 Å². The Balaban J connectivity index is 1.51. The second-order valence-electron chi connectivity index (χ2n) is 9.19. The van der Waals surface area contributed by atoms with Gasteiger partial charge in [-0.05, 0) is 42.7 Å². The summed E-state index contributed by atoms with van der Waals surface area (Å²) in [7, 11) is 0. The van der Waals surface area contributed by atoms with Crippen molar-refractivity contribution in [2.24, 2.45) is 17.1 Å². The molecule has 0 saturated carbocycles. The largest absolute Gasteiger partial charge is 0.417 e. The smallest absolute Gasteiger partial charge is 0.370 e. The Morgan fingerprint density at radius 2 is 1.83 bits per heavy atom. The van der Waals surface area contributed by atoms with Gasteiger partial charge in [0.1, 0.15) is 5.82 Å². The van der Waals surface area contributed by atoms with Crippen molar-refractivity contribution in [3.63, 3.8) is 0 Å². The van der Waals surface area contributed by atoms with E-state index in [9.17, 15) is 27.2 Å². The molecule has 4 rings (SSSR count). The fraction of sp³-hybridized carbons (Fsp3) is 0.400. The number of piperidine rings is 1. The Morgan fingerprint density at radius 1 is 1.14 bits per heavy atom. The first kappa shape index (κ1) is 24.5. The minimum Gasteiger partial charge on any atom is -0.370 e. The number of carbonyl (C=O) groups excluding carboxylic acids is 2. The Bertz CT molecular complexity index is 1180. The van der Waals surface area contributed by atoms with Gasteiger partial charge in [-0.15, -0.1) is 0 Å². The summed E-state index contributed by atoms with van der Waals surface area (Å²) in [4.78, 5) is 28.4. The zero-order chi connectivity index (χ0) is 25.4. The maximum absolute atomic E-state index is 13.9. The number of rotatable bonds is 4. The molecule has 2 heterocycles. The molecule has 0 bridgehead atoms. The summed E-state index contributed by atoms with van der Waals surface area (Å²) in [6.07, 6.45) is -3.87. The van der Waals surface area contributed by atoms with E-state index in [4.69, 9.17) is 11.0 Å². The van der Waals surface area contributed by atoms with E-state index in [0.29, 0.717) is 38.0 Å². The van der Waals surface area contributed by atoms with Crippen LogP contribution < -0.4 is 10.6 Å². The van der Waals surface area contributed by atoms with E-state index >= 15 is 0 Å². The summed E-state index contributed by atoms with van der Waals surface area (Å²) in [6.45, 7) is 1.14. The van der Waals surface area contributed by atoms with Crippen LogP contribution in [0.3, 0.4) is 0 Å².